The Balaban J connectivity index is 0.00000242. The molecule has 0 aromatic carbocycles. The number of nitrogens with zero attached hydrogens (tertiary/aromatic N) is 1. The first-order chi connectivity index (χ1) is 9.84. The number of β-lactam (4-membered cyclic amide) rings is 1. The number of hydrogen-bond acceptors (Lipinski definition) is 6. The zero-order chi connectivity index (χ0) is 15.7. The van der Waals surface area contributed by atoms with Gasteiger partial charge in [0, 0.05) is 24.4 Å². The number of thioether (sulfide) groups is 1. The number of carbonyl (C=O) groups excluding carboxylic acids is 3. The maximum atomic E-state index is 11.9. The third-order valence-electron chi connectivity index (χ3n) is 3.45. The first-order valence-corrected chi connectivity index (χ1v) is 7.27. The van der Waals surface area contributed by atoms with Crippen molar-refractivity contribution in [1.29, 1.82) is 0 Å². The quantitative estimate of drug-likeness (QED) is 0.391. The van der Waals surface area contributed by atoms with Crippen LogP contribution in [0.2, 0.25) is 0 Å². The number of carboxylic acids is 1. The van der Waals surface area contributed by atoms with Crippen LogP contribution in [0, 0.1) is 5.92 Å². The number of aliphatic hydroxyl groups is 1. The fourth-order valence-corrected chi connectivity index (χ4v) is 3.45. The third kappa shape index (κ3) is 3.57. The molecule has 0 unspecified atom stereocenters. The van der Waals surface area contributed by atoms with Crippen LogP contribution in [0.4, 0.5) is 0 Å². The molecular formula is C13H15N2NaO5S. The van der Waals surface area contributed by atoms with Crippen LogP contribution in [0.1, 0.15) is 20.3 Å². The smallest absolute Gasteiger partial charge is 0.543 e. The maximum Gasteiger partial charge on any atom is 1.00 e. The Morgan fingerprint density at radius 1 is 1.55 bits per heavy atom. The van der Waals surface area contributed by atoms with Gasteiger partial charge in [-0.15, -0.1) is 0 Å². The van der Waals surface area contributed by atoms with Gasteiger partial charge in [-0.1, -0.05) is 11.8 Å². The van der Waals surface area contributed by atoms with Crippen LogP contribution in [0.3, 0.4) is 0 Å². The van der Waals surface area contributed by atoms with Crippen molar-refractivity contribution in [2.24, 2.45) is 5.92 Å². The van der Waals surface area contributed by atoms with Gasteiger partial charge in [0.1, 0.15) is 0 Å². The molecule has 0 aromatic rings. The topological polar surface area (TPSA) is 110 Å². The van der Waals surface area contributed by atoms with Crippen molar-refractivity contribution in [3.05, 3.63) is 22.2 Å². The van der Waals surface area contributed by atoms with Gasteiger partial charge in [0.05, 0.1) is 29.7 Å². The van der Waals surface area contributed by atoms with Gasteiger partial charge in [-0.25, -0.2) is 0 Å². The number of amides is 2. The summed E-state index contributed by atoms with van der Waals surface area (Å²) < 4.78 is 0. The van der Waals surface area contributed by atoms with Gasteiger partial charge in [0.15, 0.2) is 0 Å². The van der Waals surface area contributed by atoms with E-state index in [1.807, 2.05) is 0 Å². The van der Waals surface area contributed by atoms with E-state index >= 15 is 0 Å². The summed E-state index contributed by atoms with van der Waals surface area (Å²) in [5.41, 5.74) is -0.139. The van der Waals surface area contributed by atoms with Crippen molar-refractivity contribution in [3.8, 4) is 0 Å². The molecule has 0 radical (unpaired) electrons. The maximum absolute atomic E-state index is 11.9. The minimum Gasteiger partial charge on any atom is -0.543 e. The summed E-state index contributed by atoms with van der Waals surface area (Å²) in [5, 5.41) is 24.8. The fraction of sp³-hybridized carbons (Fsp3) is 0.462. The van der Waals surface area contributed by atoms with Crippen molar-refractivity contribution in [1.82, 2.24) is 10.2 Å². The summed E-state index contributed by atoms with van der Waals surface area (Å²) in [5.74, 6) is -2.61. The summed E-state index contributed by atoms with van der Waals surface area (Å²) in [6.07, 6.45) is 0.942. The number of rotatable bonds is 5. The van der Waals surface area contributed by atoms with Crippen LogP contribution in [-0.4, -0.2) is 39.9 Å². The number of fused-ring (bicyclic) bond motifs is 1. The van der Waals surface area contributed by atoms with Gasteiger partial charge in [-0.3, -0.25) is 9.59 Å². The molecule has 1 fully saturated rings. The average molecular weight is 334 g/mol. The molecule has 2 rings (SSSR count). The van der Waals surface area contributed by atoms with Gasteiger partial charge in [-0.2, -0.15) is 0 Å². The van der Waals surface area contributed by atoms with Crippen LogP contribution in [-0.2, 0) is 14.4 Å². The van der Waals surface area contributed by atoms with Crippen LogP contribution in [0.15, 0.2) is 22.2 Å². The zero-order valence-corrected chi connectivity index (χ0v) is 15.3. The van der Waals surface area contributed by atoms with Crippen LogP contribution in [0.25, 0.3) is 0 Å². The molecule has 2 amide bonds. The molecule has 1 saturated heterocycles. The number of aliphatic hydroxyl groups excluding tert-OH is 1. The molecule has 3 atom stereocenters. The van der Waals surface area contributed by atoms with Gasteiger partial charge < -0.3 is 25.2 Å². The molecular weight excluding hydrogens is 319 g/mol. The fourth-order valence-electron chi connectivity index (χ4n) is 2.59. The molecule has 2 aliphatic heterocycles. The molecule has 0 bridgehead atoms. The van der Waals surface area contributed by atoms with E-state index in [2.05, 4.69) is 5.32 Å². The average Bonchev–Trinajstić information content (AvgIpc) is 2.68. The molecule has 114 valence electrons. The number of nitrogens with one attached hydrogen (secondary N) is 1. The Kier molecular flexibility index (Phi) is 6.69. The summed E-state index contributed by atoms with van der Waals surface area (Å²) in [4.78, 5) is 35.5. The minimum atomic E-state index is -1.41. The van der Waals surface area contributed by atoms with E-state index in [1.165, 1.54) is 30.4 Å². The monoisotopic (exact) mass is 334 g/mol. The standard InChI is InChI=1S/C13H16N2O5S.Na/c1-6(16)10-8-5-9(21-4-3-14-7(2)17)11(13(19)20)15(8)12(10)18;/h3-4,6,8,10,16H,5H2,1-2H3,(H,14,17)(H,19,20);/q;+1/p-1/b4-3-;/t6-,8+,10-;/m0./s1. The molecule has 2 heterocycles. The molecule has 0 aliphatic carbocycles. The van der Waals surface area contributed by atoms with E-state index in [0.29, 0.717) is 11.3 Å². The van der Waals surface area contributed by atoms with E-state index < -0.39 is 23.9 Å². The van der Waals surface area contributed by atoms with Crippen molar-refractivity contribution in [3.63, 3.8) is 0 Å². The number of carbonyl (C=O) groups is 3. The van der Waals surface area contributed by atoms with E-state index in [-0.39, 0.29) is 47.2 Å². The molecule has 0 aromatic heterocycles. The second kappa shape index (κ2) is 7.65. The second-order valence-electron chi connectivity index (χ2n) is 4.93. The summed E-state index contributed by atoms with van der Waals surface area (Å²) in [6, 6.07) is -0.331. The summed E-state index contributed by atoms with van der Waals surface area (Å²) in [6.45, 7) is 2.87. The number of aliphatic carboxylic acids is 1. The molecule has 2 aliphatic rings. The van der Waals surface area contributed by atoms with E-state index in [0.717, 1.165) is 11.8 Å². The molecule has 0 saturated carbocycles. The van der Waals surface area contributed by atoms with Gasteiger partial charge in [-0.05, 0) is 12.3 Å². The normalized spacial score (nSPS) is 24.7. The molecule has 22 heavy (non-hydrogen) atoms. The van der Waals surface area contributed by atoms with E-state index in [4.69, 9.17) is 0 Å². The van der Waals surface area contributed by atoms with Crippen LogP contribution in [0.5, 0.6) is 0 Å². The van der Waals surface area contributed by atoms with Gasteiger partial charge >= 0.3 is 29.6 Å². The summed E-state index contributed by atoms with van der Waals surface area (Å²) in [7, 11) is 0. The SMILES string of the molecule is CC(=O)N/C=C\SC1=C(C(=O)[O-])N2C(=O)[C@@H]([C@H](C)O)[C@H]2C1.[Na+]. The Hall–Kier alpha value is -0.800. The Morgan fingerprint density at radius 2 is 2.18 bits per heavy atom. The molecule has 9 heteroatoms. The number of hydrogen-bond donors (Lipinski definition) is 2. The third-order valence-corrected chi connectivity index (χ3v) is 4.36. The van der Waals surface area contributed by atoms with Crippen molar-refractivity contribution >= 4 is 29.5 Å². The summed E-state index contributed by atoms with van der Waals surface area (Å²) >= 11 is 1.11. The largest absolute Gasteiger partial charge is 1.00 e. The zero-order valence-electron chi connectivity index (χ0n) is 12.5. The predicted octanol–water partition coefficient (Wildman–Crippen LogP) is -4.10. The Bertz CT molecular complexity index is 561. The first kappa shape index (κ1) is 19.2. The number of carboxylic acid groups (broad SMARTS) is 1. The predicted molar refractivity (Wildman–Crippen MR) is 73.0 cm³/mol. The van der Waals surface area contributed by atoms with Crippen LogP contribution >= 0.6 is 11.8 Å². The van der Waals surface area contributed by atoms with Crippen molar-refractivity contribution < 1.29 is 54.2 Å². The van der Waals surface area contributed by atoms with Crippen molar-refractivity contribution in [2.45, 2.75) is 32.4 Å². The first-order valence-electron chi connectivity index (χ1n) is 6.39. The van der Waals surface area contributed by atoms with Gasteiger partial charge in [0.25, 0.3) is 0 Å². The van der Waals surface area contributed by atoms with Crippen LogP contribution < -0.4 is 40.0 Å². The van der Waals surface area contributed by atoms with E-state index in [9.17, 15) is 24.6 Å². The molecule has 0 spiro atoms. The van der Waals surface area contributed by atoms with E-state index in [1.54, 1.807) is 0 Å². The Labute approximate surface area is 154 Å². The molecule has 2 N–H and O–H groups in total. The second-order valence-corrected chi connectivity index (χ2v) is 5.93. The van der Waals surface area contributed by atoms with Crippen molar-refractivity contribution in [2.75, 3.05) is 0 Å². The van der Waals surface area contributed by atoms with Gasteiger partial charge in [0.2, 0.25) is 11.8 Å². The minimum absolute atomic E-state index is 0. The Morgan fingerprint density at radius 3 is 2.68 bits per heavy atom. The molecule has 7 nitrogen and oxygen atoms in total.